The summed E-state index contributed by atoms with van der Waals surface area (Å²) in [4.78, 5) is 0. The van der Waals surface area contributed by atoms with Crippen molar-refractivity contribution in [3.63, 3.8) is 0 Å². The van der Waals surface area contributed by atoms with Crippen molar-refractivity contribution in [2.45, 2.75) is 32.0 Å². The molecule has 1 saturated heterocycles. The Hall–Kier alpha value is -0.280. The van der Waals surface area contributed by atoms with Crippen LogP contribution in [-0.2, 0) is 11.3 Å². The van der Waals surface area contributed by atoms with Crippen molar-refractivity contribution < 1.29 is 4.74 Å². The Kier molecular flexibility index (Phi) is 4.31. The van der Waals surface area contributed by atoms with E-state index in [-0.39, 0.29) is 5.60 Å². The molecule has 0 aliphatic carbocycles. The van der Waals surface area contributed by atoms with Crippen molar-refractivity contribution in [1.82, 2.24) is 5.32 Å². The highest BCUT2D eigenvalue weighted by molar-refractivity contribution is 6.42. The van der Waals surface area contributed by atoms with E-state index in [1.54, 1.807) is 6.07 Å². The first-order valence-electron chi connectivity index (χ1n) is 5.88. The lowest BCUT2D eigenvalue weighted by Crippen LogP contribution is -2.45. The molecule has 94 valence electrons. The van der Waals surface area contributed by atoms with E-state index in [2.05, 4.69) is 12.2 Å². The fraction of sp³-hybridized carbons (Fsp3) is 0.538. The fourth-order valence-electron chi connectivity index (χ4n) is 2.06. The zero-order valence-corrected chi connectivity index (χ0v) is 11.4. The normalized spacial score (nSPS) is 24.9. The lowest BCUT2D eigenvalue weighted by molar-refractivity contribution is -0.0571. The average molecular weight is 274 g/mol. The molecule has 1 atom stereocenters. The predicted octanol–water partition coefficient (Wildman–Crippen LogP) is 3.65. The first kappa shape index (κ1) is 13.2. The molecule has 0 amide bonds. The quantitative estimate of drug-likeness (QED) is 0.908. The third-order valence-corrected chi connectivity index (χ3v) is 4.02. The van der Waals surface area contributed by atoms with E-state index >= 15 is 0 Å². The van der Waals surface area contributed by atoms with E-state index in [9.17, 15) is 0 Å². The molecule has 0 radical (unpaired) electrons. The fourth-order valence-corrected chi connectivity index (χ4v) is 2.44. The van der Waals surface area contributed by atoms with Crippen LogP contribution in [0.1, 0.15) is 25.3 Å². The molecule has 17 heavy (non-hydrogen) atoms. The minimum absolute atomic E-state index is 0.0934. The zero-order chi connectivity index (χ0) is 12.3. The van der Waals surface area contributed by atoms with Crippen molar-refractivity contribution in [3.05, 3.63) is 33.8 Å². The third-order valence-electron chi connectivity index (χ3n) is 3.17. The summed E-state index contributed by atoms with van der Waals surface area (Å²) in [5.41, 5.74) is 0.857. The van der Waals surface area contributed by atoms with Crippen molar-refractivity contribution in [2.24, 2.45) is 0 Å². The summed E-state index contributed by atoms with van der Waals surface area (Å²) in [5.74, 6) is 0. The van der Waals surface area contributed by atoms with Gasteiger partial charge in [-0.05, 0) is 37.9 Å². The Morgan fingerprint density at radius 1 is 1.41 bits per heavy atom. The number of hydrogen-bond donors (Lipinski definition) is 1. The smallest absolute Gasteiger partial charge is 0.0783 e. The predicted molar refractivity (Wildman–Crippen MR) is 71.8 cm³/mol. The SMILES string of the molecule is CC1(OCc2cccc(Cl)c2Cl)CCCNC1. The topological polar surface area (TPSA) is 21.3 Å². The summed E-state index contributed by atoms with van der Waals surface area (Å²) < 4.78 is 5.99. The van der Waals surface area contributed by atoms with E-state index < -0.39 is 0 Å². The van der Waals surface area contributed by atoms with Gasteiger partial charge in [0, 0.05) is 6.54 Å². The third kappa shape index (κ3) is 3.35. The van der Waals surface area contributed by atoms with E-state index in [4.69, 9.17) is 27.9 Å². The highest BCUT2D eigenvalue weighted by atomic mass is 35.5. The van der Waals surface area contributed by atoms with Crippen molar-refractivity contribution in [3.8, 4) is 0 Å². The van der Waals surface area contributed by atoms with Crippen LogP contribution in [0.15, 0.2) is 18.2 Å². The van der Waals surface area contributed by atoms with Crippen LogP contribution in [0.3, 0.4) is 0 Å². The van der Waals surface area contributed by atoms with E-state index in [0.29, 0.717) is 16.7 Å². The number of ether oxygens (including phenoxy) is 1. The number of nitrogens with one attached hydrogen (secondary N) is 1. The second-order valence-corrected chi connectivity index (χ2v) is 5.52. The van der Waals surface area contributed by atoms with Gasteiger partial charge in [-0.3, -0.25) is 0 Å². The van der Waals surface area contributed by atoms with Gasteiger partial charge in [-0.1, -0.05) is 35.3 Å². The van der Waals surface area contributed by atoms with Gasteiger partial charge in [0.1, 0.15) is 0 Å². The minimum Gasteiger partial charge on any atom is -0.369 e. The molecule has 1 aromatic rings. The van der Waals surface area contributed by atoms with Crippen molar-refractivity contribution in [1.29, 1.82) is 0 Å². The van der Waals surface area contributed by atoms with Gasteiger partial charge in [0.2, 0.25) is 0 Å². The van der Waals surface area contributed by atoms with Gasteiger partial charge in [-0.2, -0.15) is 0 Å². The van der Waals surface area contributed by atoms with Crippen LogP contribution in [0.4, 0.5) is 0 Å². The first-order valence-corrected chi connectivity index (χ1v) is 6.64. The summed E-state index contributed by atoms with van der Waals surface area (Å²) in [7, 11) is 0. The summed E-state index contributed by atoms with van der Waals surface area (Å²) >= 11 is 12.1. The molecule has 0 spiro atoms. The number of hydrogen-bond acceptors (Lipinski definition) is 2. The van der Waals surface area contributed by atoms with Crippen LogP contribution >= 0.6 is 23.2 Å². The molecular weight excluding hydrogens is 257 g/mol. The van der Waals surface area contributed by atoms with E-state index in [0.717, 1.165) is 31.5 Å². The van der Waals surface area contributed by atoms with Crippen LogP contribution in [0.5, 0.6) is 0 Å². The summed E-state index contributed by atoms with van der Waals surface area (Å²) in [6.45, 7) is 4.62. The van der Waals surface area contributed by atoms with Gasteiger partial charge in [0.05, 0.1) is 22.3 Å². The minimum atomic E-state index is -0.0934. The van der Waals surface area contributed by atoms with Crippen molar-refractivity contribution >= 4 is 23.2 Å². The summed E-state index contributed by atoms with van der Waals surface area (Å²) in [6.07, 6.45) is 2.23. The molecule has 1 N–H and O–H groups in total. The van der Waals surface area contributed by atoms with Gasteiger partial charge in [-0.25, -0.2) is 0 Å². The monoisotopic (exact) mass is 273 g/mol. The molecule has 1 aromatic carbocycles. The maximum atomic E-state index is 6.13. The van der Waals surface area contributed by atoms with Gasteiger partial charge >= 0.3 is 0 Å². The van der Waals surface area contributed by atoms with Crippen LogP contribution in [0.25, 0.3) is 0 Å². The maximum absolute atomic E-state index is 6.13. The highest BCUT2D eigenvalue weighted by Crippen LogP contribution is 2.28. The standard InChI is InChI=1S/C13H17Cl2NO/c1-13(6-3-7-16-9-13)17-8-10-4-2-5-11(14)12(10)15/h2,4-5,16H,3,6-9H2,1H3. The van der Waals surface area contributed by atoms with E-state index in [1.807, 2.05) is 12.1 Å². The van der Waals surface area contributed by atoms with Gasteiger partial charge in [-0.15, -0.1) is 0 Å². The Bertz CT molecular complexity index is 389. The molecule has 1 fully saturated rings. The average Bonchev–Trinajstić information content (AvgIpc) is 2.32. The molecular formula is C13H17Cl2NO. The van der Waals surface area contributed by atoms with Gasteiger partial charge < -0.3 is 10.1 Å². The van der Waals surface area contributed by atoms with E-state index in [1.165, 1.54) is 0 Å². The number of rotatable bonds is 3. The lowest BCUT2D eigenvalue weighted by Gasteiger charge is -2.34. The second kappa shape index (κ2) is 5.57. The number of benzene rings is 1. The molecule has 2 nitrogen and oxygen atoms in total. The molecule has 2 rings (SSSR count). The molecule has 1 aliphatic heterocycles. The lowest BCUT2D eigenvalue weighted by atomic mass is 9.96. The zero-order valence-electron chi connectivity index (χ0n) is 9.93. The highest BCUT2D eigenvalue weighted by Gasteiger charge is 2.27. The Balaban J connectivity index is 1.99. The largest absolute Gasteiger partial charge is 0.369 e. The Morgan fingerprint density at radius 2 is 2.24 bits per heavy atom. The Labute approximate surface area is 112 Å². The number of piperidine rings is 1. The van der Waals surface area contributed by atoms with Crippen LogP contribution in [0, 0.1) is 0 Å². The molecule has 1 heterocycles. The second-order valence-electron chi connectivity index (χ2n) is 4.73. The molecule has 0 bridgehead atoms. The molecule has 0 aromatic heterocycles. The number of halogens is 2. The molecule has 1 aliphatic rings. The van der Waals surface area contributed by atoms with Crippen LogP contribution in [0.2, 0.25) is 10.0 Å². The van der Waals surface area contributed by atoms with Gasteiger partial charge in [0.15, 0.2) is 0 Å². The summed E-state index contributed by atoms with van der Waals surface area (Å²) in [5, 5.41) is 4.54. The summed E-state index contributed by atoms with van der Waals surface area (Å²) in [6, 6.07) is 5.64. The Morgan fingerprint density at radius 3 is 2.94 bits per heavy atom. The first-order chi connectivity index (χ1) is 8.11. The maximum Gasteiger partial charge on any atom is 0.0783 e. The van der Waals surface area contributed by atoms with Crippen LogP contribution in [-0.4, -0.2) is 18.7 Å². The molecule has 1 unspecified atom stereocenters. The molecule has 4 heteroatoms. The van der Waals surface area contributed by atoms with Crippen molar-refractivity contribution in [2.75, 3.05) is 13.1 Å². The van der Waals surface area contributed by atoms with Gasteiger partial charge in [0.25, 0.3) is 0 Å². The molecule has 0 saturated carbocycles. The van der Waals surface area contributed by atoms with Crippen LogP contribution < -0.4 is 5.32 Å².